The lowest BCUT2D eigenvalue weighted by Gasteiger charge is -2.28. The number of nitro groups is 1. The highest BCUT2D eigenvalue weighted by atomic mass is 32.1. The first-order valence-electron chi connectivity index (χ1n) is 6.38. The van der Waals surface area contributed by atoms with Crippen LogP contribution >= 0.6 is 12.6 Å². The summed E-state index contributed by atoms with van der Waals surface area (Å²) in [6.45, 7) is 2.12. The van der Waals surface area contributed by atoms with Gasteiger partial charge in [0.2, 0.25) is 0 Å². The molecule has 0 spiro atoms. The highest BCUT2D eigenvalue weighted by molar-refractivity contribution is 7.80. The van der Waals surface area contributed by atoms with Crippen LogP contribution in [0.3, 0.4) is 0 Å². The van der Waals surface area contributed by atoms with Crippen molar-refractivity contribution in [2.75, 3.05) is 32.1 Å². The van der Waals surface area contributed by atoms with Crippen LogP contribution < -0.4 is 0 Å². The molecule has 0 saturated carbocycles. The van der Waals surface area contributed by atoms with Crippen molar-refractivity contribution in [1.82, 2.24) is 4.90 Å². The maximum Gasteiger partial charge on any atom is 0.270 e. The largest absolute Gasteiger partial charge is 0.379 e. The number of rotatable bonds is 6. The monoisotopic (exact) mass is 296 g/mol. The number of non-ortho nitro benzene ring substituents is 1. The molecular weight excluding hydrogens is 280 g/mol. The van der Waals surface area contributed by atoms with Crippen molar-refractivity contribution in [2.24, 2.45) is 0 Å². The van der Waals surface area contributed by atoms with Gasteiger partial charge in [-0.05, 0) is 12.0 Å². The van der Waals surface area contributed by atoms with E-state index in [0.717, 1.165) is 5.56 Å². The molecule has 0 N–H and O–H groups in total. The number of thiol groups is 1. The smallest absolute Gasteiger partial charge is 0.270 e. The molecule has 0 bridgehead atoms. The summed E-state index contributed by atoms with van der Waals surface area (Å²) in [5.74, 6) is 0.479. The Morgan fingerprint density at radius 3 is 2.90 bits per heavy atom. The van der Waals surface area contributed by atoms with Crippen molar-refractivity contribution in [3.05, 3.63) is 39.4 Å². The predicted molar refractivity (Wildman–Crippen MR) is 77.4 cm³/mol. The van der Waals surface area contributed by atoms with E-state index in [1.165, 1.54) is 12.1 Å². The van der Waals surface area contributed by atoms with Crippen LogP contribution in [0.15, 0.2) is 18.2 Å². The minimum atomic E-state index is -0.484. The van der Waals surface area contributed by atoms with Gasteiger partial charge in [0.1, 0.15) is 0 Å². The van der Waals surface area contributed by atoms with Crippen molar-refractivity contribution in [1.29, 1.82) is 0 Å². The Morgan fingerprint density at radius 2 is 2.20 bits per heavy atom. The SMILES string of the molecule is O=C1c2cc([N+](=O)[O-])ccc2CCN1CCOCCS. The highest BCUT2D eigenvalue weighted by Gasteiger charge is 2.25. The zero-order valence-corrected chi connectivity index (χ0v) is 11.8. The van der Waals surface area contributed by atoms with Crippen LogP contribution in [0.25, 0.3) is 0 Å². The zero-order chi connectivity index (χ0) is 14.5. The first-order valence-corrected chi connectivity index (χ1v) is 7.02. The number of ether oxygens (including phenoxy) is 1. The molecule has 108 valence electrons. The van der Waals surface area contributed by atoms with E-state index in [9.17, 15) is 14.9 Å². The zero-order valence-electron chi connectivity index (χ0n) is 10.9. The van der Waals surface area contributed by atoms with Crippen LogP contribution in [-0.2, 0) is 11.2 Å². The lowest BCUT2D eigenvalue weighted by molar-refractivity contribution is -0.384. The van der Waals surface area contributed by atoms with E-state index in [0.29, 0.717) is 44.0 Å². The van der Waals surface area contributed by atoms with E-state index in [1.54, 1.807) is 11.0 Å². The van der Waals surface area contributed by atoms with Crippen molar-refractivity contribution >= 4 is 24.2 Å². The Balaban J connectivity index is 2.07. The van der Waals surface area contributed by atoms with Crippen molar-refractivity contribution in [3.8, 4) is 0 Å². The van der Waals surface area contributed by atoms with Crippen LogP contribution in [0.2, 0.25) is 0 Å². The Kier molecular flexibility index (Phi) is 4.97. The number of nitrogens with zero attached hydrogens (tertiary/aromatic N) is 2. The fourth-order valence-corrected chi connectivity index (χ4v) is 2.31. The summed E-state index contributed by atoms with van der Waals surface area (Å²) in [5.41, 5.74) is 1.25. The standard InChI is InChI=1S/C13H16N2O4S/c16-13-12-9-11(15(17)18)2-1-10(12)3-4-14(13)5-6-19-7-8-20/h1-2,9,20H,3-8H2. The number of carbonyl (C=O) groups is 1. The molecule has 1 aromatic rings. The molecule has 1 aliphatic heterocycles. The molecule has 0 unspecified atom stereocenters. The second-order valence-electron chi connectivity index (χ2n) is 4.48. The lowest BCUT2D eigenvalue weighted by Crippen LogP contribution is -2.39. The molecule has 0 aliphatic carbocycles. The van der Waals surface area contributed by atoms with Gasteiger partial charge in [0, 0.05) is 36.5 Å². The topological polar surface area (TPSA) is 72.7 Å². The number of benzene rings is 1. The molecule has 1 aliphatic rings. The van der Waals surface area contributed by atoms with Gasteiger partial charge >= 0.3 is 0 Å². The van der Waals surface area contributed by atoms with Gasteiger partial charge in [0.05, 0.1) is 18.1 Å². The molecule has 1 heterocycles. The number of amides is 1. The summed E-state index contributed by atoms with van der Waals surface area (Å²) in [7, 11) is 0. The van der Waals surface area contributed by atoms with Gasteiger partial charge in [-0.15, -0.1) is 0 Å². The normalized spacial score (nSPS) is 14.2. The number of hydrogen-bond acceptors (Lipinski definition) is 5. The van der Waals surface area contributed by atoms with Crippen LogP contribution in [0.4, 0.5) is 5.69 Å². The summed E-state index contributed by atoms with van der Waals surface area (Å²) in [5, 5.41) is 10.8. The summed E-state index contributed by atoms with van der Waals surface area (Å²) in [6.07, 6.45) is 0.714. The van der Waals surface area contributed by atoms with Gasteiger partial charge in [-0.2, -0.15) is 12.6 Å². The number of fused-ring (bicyclic) bond motifs is 1. The van der Waals surface area contributed by atoms with E-state index >= 15 is 0 Å². The van der Waals surface area contributed by atoms with Gasteiger partial charge in [-0.1, -0.05) is 6.07 Å². The van der Waals surface area contributed by atoms with Gasteiger partial charge in [0.15, 0.2) is 0 Å². The van der Waals surface area contributed by atoms with E-state index < -0.39 is 4.92 Å². The van der Waals surface area contributed by atoms with Crippen molar-refractivity contribution in [2.45, 2.75) is 6.42 Å². The molecule has 1 aromatic carbocycles. The molecule has 0 radical (unpaired) electrons. The summed E-state index contributed by atoms with van der Waals surface area (Å²) in [4.78, 5) is 24.2. The lowest BCUT2D eigenvalue weighted by atomic mass is 9.98. The van der Waals surface area contributed by atoms with Gasteiger partial charge in [0.25, 0.3) is 11.6 Å². The molecule has 0 atom stereocenters. The van der Waals surface area contributed by atoms with Gasteiger partial charge < -0.3 is 9.64 Å². The van der Waals surface area contributed by atoms with Crippen LogP contribution in [-0.4, -0.2) is 47.8 Å². The van der Waals surface area contributed by atoms with Gasteiger partial charge in [-0.3, -0.25) is 14.9 Å². The predicted octanol–water partition coefficient (Wildman–Crippen LogP) is 1.54. The fraction of sp³-hybridized carbons (Fsp3) is 0.462. The second kappa shape index (κ2) is 6.71. The maximum absolute atomic E-state index is 12.3. The molecule has 0 aromatic heterocycles. The van der Waals surface area contributed by atoms with E-state index in [-0.39, 0.29) is 11.6 Å². The molecular formula is C13H16N2O4S. The first kappa shape index (κ1) is 14.8. The summed E-state index contributed by atoms with van der Waals surface area (Å²) < 4.78 is 5.31. The number of hydrogen-bond donors (Lipinski definition) is 1. The molecule has 20 heavy (non-hydrogen) atoms. The third-order valence-corrected chi connectivity index (χ3v) is 3.40. The third kappa shape index (κ3) is 3.29. The average Bonchev–Trinajstić information content (AvgIpc) is 2.45. The number of nitro benzene ring substituents is 1. The molecule has 2 rings (SSSR count). The van der Waals surface area contributed by atoms with Gasteiger partial charge in [-0.25, -0.2) is 0 Å². The van der Waals surface area contributed by atoms with Crippen LogP contribution in [0.1, 0.15) is 15.9 Å². The molecule has 0 fully saturated rings. The van der Waals surface area contributed by atoms with Crippen LogP contribution in [0.5, 0.6) is 0 Å². The van der Waals surface area contributed by atoms with Crippen molar-refractivity contribution in [3.63, 3.8) is 0 Å². The molecule has 0 saturated heterocycles. The van der Waals surface area contributed by atoms with E-state index in [1.807, 2.05) is 0 Å². The Hall–Kier alpha value is -1.60. The third-order valence-electron chi connectivity index (χ3n) is 3.21. The number of carbonyl (C=O) groups excluding carboxylic acids is 1. The summed E-state index contributed by atoms with van der Waals surface area (Å²) in [6, 6.07) is 4.47. The quantitative estimate of drug-likeness (QED) is 0.374. The average molecular weight is 296 g/mol. The van der Waals surface area contributed by atoms with Crippen molar-refractivity contribution < 1.29 is 14.5 Å². The second-order valence-corrected chi connectivity index (χ2v) is 4.92. The Labute approximate surface area is 122 Å². The molecule has 1 amide bonds. The minimum Gasteiger partial charge on any atom is -0.379 e. The van der Waals surface area contributed by atoms with E-state index in [2.05, 4.69) is 12.6 Å². The highest BCUT2D eigenvalue weighted by Crippen LogP contribution is 2.23. The van der Waals surface area contributed by atoms with E-state index in [4.69, 9.17) is 4.74 Å². The van der Waals surface area contributed by atoms with Crippen LogP contribution in [0, 0.1) is 10.1 Å². The minimum absolute atomic E-state index is 0.0507. The molecule has 7 heteroatoms. The maximum atomic E-state index is 12.3. The molecule has 6 nitrogen and oxygen atoms in total. The first-order chi connectivity index (χ1) is 9.63. The Bertz CT molecular complexity index is 521. The fourth-order valence-electron chi connectivity index (χ4n) is 2.18. The summed E-state index contributed by atoms with van der Waals surface area (Å²) >= 11 is 4.04. The Morgan fingerprint density at radius 1 is 1.40 bits per heavy atom.